The van der Waals surface area contributed by atoms with Crippen molar-refractivity contribution in [2.45, 2.75) is 39.4 Å². The van der Waals surface area contributed by atoms with Crippen LogP contribution in [-0.4, -0.2) is 22.7 Å². The van der Waals surface area contributed by atoms with Crippen LogP contribution in [0.1, 0.15) is 49.7 Å². The zero-order chi connectivity index (χ0) is 19.3. The number of carbonyl (C=O) groups excluding carboxylic acids is 2. The van der Waals surface area contributed by atoms with Crippen LogP contribution >= 0.6 is 0 Å². The van der Waals surface area contributed by atoms with Crippen molar-refractivity contribution in [2.24, 2.45) is 0 Å². The lowest BCUT2D eigenvalue weighted by Crippen LogP contribution is -2.27. The number of ether oxygens (including phenoxy) is 1. The van der Waals surface area contributed by atoms with Crippen LogP contribution in [0.25, 0.3) is 0 Å². The molecule has 2 rings (SSSR count). The van der Waals surface area contributed by atoms with E-state index >= 15 is 0 Å². The Bertz CT molecular complexity index is 777. The second-order valence-corrected chi connectivity index (χ2v) is 6.92. The Balaban J connectivity index is 2.12. The first kappa shape index (κ1) is 19.5. The summed E-state index contributed by atoms with van der Waals surface area (Å²) in [5, 5.41) is 14.9. The minimum atomic E-state index is -0.617. The molecule has 2 aromatic carbocycles. The molecule has 0 spiro atoms. The second kappa shape index (κ2) is 8.01. The van der Waals surface area contributed by atoms with E-state index in [4.69, 9.17) is 4.74 Å². The highest BCUT2D eigenvalue weighted by Crippen LogP contribution is 2.23. The van der Waals surface area contributed by atoms with Gasteiger partial charge in [-0.05, 0) is 57.5 Å². The Morgan fingerprint density at radius 1 is 0.962 bits per heavy atom. The molecule has 6 nitrogen and oxygen atoms in total. The maximum Gasteiger partial charge on any atom is 0.412 e. The molecular formula is C20H24N2O4. The molecule has 1 atom stereocenters. The fourth-order valence-corrected chi connectivity index (χ4v) is 2.22. The van der Waals surface area contributed by atoms with E-state index in [-0.39, 0.29) is 5.91 Å². The fourth-order valence-electron chi connectivity index (χ4n) is 2.22. The number of nitrogens with one attached hydrogen (secondary N) is 2. The predicted molar refractivity (Wildman–Crippen MR) is 101 cm³/mol. The normalized spacial score (nSPS) is 12.2. The smallest absolute Gasteiger partial charge is 0.412 e. The van der Waals surface area contributed by atoms with Gasteiger partial charge in [0.05, 0.1) is 17.5 Å². The van der Waals surface area contributed by atoms with Crippen molar-refractivity contribution in [2.75, 3.05) is 10.6 Å². The highest BCUT2D eigenvalue weighted by molar-refractivity contribution is 6.06. The third kappa shape index (κ3) is 5.60. The standard InChI is InChI=1S/C20H24N2O4/c1-13(23)14-9-11-15(12-10-14)18(24)21-16-7-5-6-8-17(16)22-19(25)26-20(2,3)4/h5-13,23H,1-4H3,(H,21,24)(H,22,25). The number of anilines is 2. The number of aliphatic hydroxyl groups excluding tert-OH is 1. The van der Waals surface area contributed by atoms with Crippen molar-refractivity contribution in [3.63, 3.8) is 0 Å². The van der Waals surface area contributed by atoms with Crippen LogP contribution in [0.4, 0.5) is 16.2 Å². The molecule has 0 bridgehead atoms. The molecule has 0 aromatic heterocycles. The van der Waals surface area contributed by atoms with Gasteiger partial charge >= 0.3 is 6.09 Å². The van der Waals surface area contributed by atoms with E-state index in [0.29, 0.717) is 16.9 Å². The Morgan fingerprint density at radius 2 is 1.50 bits per heavy atom. The molecule has 0 aliphatic rings. The number of aliphatic hydroxyl groups is 1. The summed E-state index contributed by atoms with van der Waals surface area (Å²) in [7, 11) is 0. The van der Waals surface area contributed by atoms with E-state index in [1.54, 1.807) is 76.2 Å². The highest BCUT2D eigenvalue weighted by atomic mass is 16.6. The van der Waals surface area contributed by atoms with Crippen LogP contribution in [0, 0.1) is 0 Å². The molecule has 0 aliphatic heterocycles. The van der Waals surface area contributed by atoms with Gasteiger partial charge in [0.15, 0.2) is 0 Å². The Hall–Kier alpha value is -2.86. The van der Waals surface area contributed by atoms with Gasteiger partial charge in [0, 0.05) is 5.56 Å². The van der Waals surface area contributed by atoms with Crippen molar-refractivity contribution in [3.05, 3.63) is 59.7 Å². The first-order valence-corrected chi connectivity index (χ1v) is 8.34. The maximum absolute atomic E-state index is 12.4. The molecule has 0 saturated heterocycles. The van der Waals surface area contributed by atoms with Crippen molar-refractivity contribution in [1.82, 2.24) is 0 Å². The van der Waals surface area contributed by atoms with Gasteiger partial charge in [-0.2, -0.15) is 0 Å². The van der Waals surface area contributed by atoms with Crippen molar-refractivity contribution >= 4 is 23.4 Å². The van der Waals surface area contributed by atoms with Crippen LogP contribution in [0.3, 0.4) is 0 Å². The molecule has 3 N–H and O–H groups in total. The molecule has 0 aliphatic carbocycles. The van der Waals surface area contributed by atoms with Gasteiger partial charge in [0.2, 0.25) is 0 Å². The molecule has 0 heterocycles. The highest BCUT2D eigenvalue weighted by Gasteiger charge is 2.17. The van der Waals surface area contributed by atoms with E-state index in [0.717, 1.165) is 5.56 Å². The molecule has 0 fully saturated rings. The molecule has 6 heteroatoms. The zero-order valence-electron chi connectivity index (χ0n) is 15.4. The average Bonchev–Trinajstić information content (AvgIpc) is 2.55. The number of amides is 2. The summed E-state index contributed by atoms with van der Waals surface area (Å²) in [6, 6.07) is 13.6. The van der Waals surface area contributed by atoms with Gasteiger partial charge in [0.25, 0.3) is 5.91 Å². The summed E-state index contributed by atoms with van der Waals surface area (Å²) < 4.78 is 5.24. The molecule has 2 amide bonds. The molecular weight excluding hydrogens is 332 g/mol. The quantitative estimate of drug-likeness (QED) is 0.760. The molecule has 0 saturated carbocycles. The lowest BCUT2D eigenvalue weighted by atomic mass is 10.1. The van der Waals surface area contributed by atoms with E-state index in [1.165, 1.54) is 0 Å². The van der Waals surface area contributed by atoms with Crippen LogP contribution < -0.4 is 10.6 Å². The van der Waals surface area contributed by atoms with Crippen LogP contribution in [0.5, 0.6) is 0 Å². The van der Waals surface area contributed by atoms with Crippen LogP contribution in [0.15, 0.2) is 48.5 Å². The molecule has 0 radical (unpaired) electrons. The number of carbonyl (C=O) groups is 2. The molecule has 138 valence electrons. The van der Waals surface area contributed by atoms with Crippen molar-refractivity contribution in [1.29, 1.82) is 0 Å². The van der Waals surface area contributed by atoms with Crippen LogP contribution in [0.2, 0.25) is 0 Å². The van der Waals surface area contributed by atoms with E-state index in [1.807, 2.05) is 0 Å². The van der Waals surface area contributed by atoms with Gasteiger partial charge in [-0.1, -0.05) is 24.3 Å². The van der Waals surface area contributed by atoms with Gasteiger partial charge in [-0.3, -0.25) is 10.1 Å². The Morgan fingerprint density at radius 3 is 2.00 bits per heavy atom. The minimum absolute atomic E-state index is 0.319. The Kier molecular flexibility index (Phi) is 6.00. The monoisotopic (exact) mass is 356 g/mol. The fraction of sp³-hybridized carbons (Fsp3) is 0.300. The summed E-state index contributed by atoms with van der Waals surface area (Å²) in [6.07, 6.45) is -1.19. The van der Waals surface area contributed by atoms with Gasteiger partial charge < -0.3 is 15.2 Å². The van der Waals surface area contributed by atoms with Crippen molar-refractivity contribution < 1.29 is 19.4 Å². The number of benzene rings is 2. The SMILES string of the molecule is CC(O)c1ccc(C(=O)Nc2ccccc2NC(=O)OC(C)(C)C)cc1. The van der Waals surface area contributed by atoms with Crippen molar-refractivity contribution in [3.8, 4) is 0 Å². The van der Waals surface area contributed by atoms with E-state index in [9.17, 15) is 14.7 Å². The van der Waals surface area contributed by atoms with Crippen LogP contribution in [-0.2, 0) is 4.74 Å². The summed E-state index contributed by atoms with van der Waals surface area (Å²) in [5.41, 5.74) is 1.46. The summed E-state index contributed by atoms with van der Waals surface area (Å²) >= 11 is 0. The number of para-hydroxylation sites is 2. The predicted octanol–water partition coefficient (Wildman–Crippen LogP) is 4.34. The van der Waals surface area contributed by atoms with Gasteiger partial charge in [-0.25, -0.2) is 4.79 Å². The average molecular weight is 356 g/mol. The summed E-state index contributed by atoms with van der Waals surface area (Å²) in [4.78, 5) is 24.4. The maximum atomic E-state index is 12.4. The number of hydrogen-bond acceptors (Lipinski definition) is 4. The van der Waals surface area contributed by atoms with E-state index in [2.05, 4.69) is 10.6 Å². The molecule has 2 aromatic rings. The zero-order valence-corrected chi connectivity index (χ0v) is 15.4. The van der Waals surface area contributed by atoms with Gasteiger partial charge in [0.1, 0.15) is 5.60 Å². The topological polar surface area (TPSA) is 87.7 Å². The molecule has 26 heavy (non-hydrogen) atoms. The second-order valence-electron chi connectivity index (χ2n) is 6.92. The minimum Gasteiger partial charge on any atom is -0.444 e. The first-order valence-electron chi connectivity index (χ1n) is 8.34. The lowest BCUT2D eigenvalue weighted by Gasteiger charge is -2.20. The number of hydrogen-bond donors (Lipinski definition) is 3. The summed E-state index contributed by atoms with van der Waals surface area (Å²) in [5.74, 6) is -0.319. The Labute approximate surface area is 153 Å². The third-order valence-electron chi connectivity index (χ3n) is 3.47. The van der Waals surface area contributed by atoms with E-state index < -0.39 is 17.8 Å². The largest absolute Gasteiger partial charge is 0.444 e. The third-order valence-corrected chi connectivity index (χ3v) is 3.47. The van der Waals surface area contributed by atoms with Gasteiger partial charge in [-0.15, -0.1) is 0 Å². The lowest BCUT2D eigenvalue weighted by molar-refractivity contribution is 0.0635. The first-order chi connectivity index (χ1) is 12.2. The molecule has 1 unspecified atom stereocenters. The summed E-state index contributed by atoms with van der Waals surface area (Å²) in [6.45, 7) is 6.99. The number of rotatable bonds is 4.